The van der Waals surface area contributed by atoms with Crippen LogP contribution in [-0.2, 0) is 9.59 Å². The van der Waals surface area contributed by atoms with Crippen molar-refractivity contribution in [2.24, 2.45) is 0 Å². The van der Waals surface area contributed by atoms with Gasteiger partial charge in [-0.2, -0.15) is 0 Å². The number of hydrogen-bond acceptors (Lipinski definition) is 7. The highest BCUT2D eigenvalue weighted by Crippen LogP contribution is 2.31. The van der Waals surface area contributed by atoms with Crippen LogP contribution in [0.4, 0.5) is 0 Å². The topological polar surface area (TPSA) is 90.4 Å². The van der Waals surface area contributed by atoms with Gasteiger partial charge in [0.1, 0.15) is 17.5 Å². The Kier molecular flexibility index (Phi) is 5.12. The number of rotatable bonds is 4. The average molecular weight is 395 g/mol. The van der Waals surface area contributed by atoms with Crippen molar-refractivity contribution in [3.8, 4) is 11.5 Å². The van der Waals surface area contributed by atoms with Crippen LogP contribution in [0, 0.1) is 6.92 Å². The molecule has 2 aromatic carbocycles. The van der Waals surface area contributed by atoms with Crippen LogP contribution < -0.4 is 14.8 Å². The highest BCUT2D eigenvalue weighted by atomic mass is 32.2. The van der Waals surface area contributed by atoms with Crippen LogP contribution in [0.3, 0.4) is 0 Å². The fraction of sp³-hybridized carbons (Fsp3) is 0.200. The largest absolute Gasteiger partial charge is 0.485 e. The Hall–Kier alpha value is -3.13. The number of carbonyl (C=O) groups is 2. The minimum absolute atomic E-state index is 0.0519. The molecule has 142 valence electrons. The Morgan fingerprint density at radius 3 is 2.71 bits per heavy atom. The monoisotopic (exact) mass is 395 g/mol. The van der Waals surface area contributed by atoms with Crippen molar-refractivity contribution in [3.05, 3.63) is 54.4 Å². The summed E-state index contributed by atoms with van der Waals surface area (Å²) in [6.07, 6.45) is -0.869. The molecule has 1 aromatic heterocycles. The number of ether oxygens (including phenoxy) is 2. The number of aromatic nitrogens is 2. The Morgan fingerprint density at radius 2 is 1.86 bits per heavy atom. The molecular weight excluding hydrogens is 378 g/mol. The number of nitrogens with one attached hydrogen (secondary N) is 1. The Labute approximate surface area is 165 Å². The molecule has 2 heterocycles. The summed E-state index contributed by atoms with van der Waals surface area (Å²) in [6, 6.07) is 14.7. The van der Waals surface area contributed by atoms with Gasteiger partial charge >= 0.3 is 0 Å². The smallest absolute Gasteiger partial charge is 0.271 e. The predicted molar refractivity (Wildman–Crippen MR) is 105 cm³/mol. The van der Waals surface area contributed by atoms with E-state index >= 15 is 0 Å². The van der Waals surface area contributed by atoms with E-state index in [0.717, 1.165) is 10.9 Å². The molecule has 1 aliphatic rings. The van der Waals surface area contributed by atoms with Crippen LogP contribution in [-0.4, -0.2) is 40.2 Å². The average Bonchev–Trinajstić information content (AvgIpc) is 2.71. The second kappa shape index (κ2) is 7.85. The number of benzene rings is 2. The number of carbonyl (C=O) groups excluding carboxylic acids is 2. The van der Waals surface area contributed by atoms with Crippen LogP contribution in [0.25, 0.3) is 10.9 Å². The molecule has 0 aliphatic carbocycles. The summed E-state index contributed by atoms with van der Waals surface area (Å²) >= 11 is 1.26. The van der Waals surface area contributed by atoms with Gasteiger partial charge in [0, 0.05) is 5.39 Å². The van der Waals surface area contributed by atoms with E-state index in [1.54, 1.807) is 25.1 Å². The van der Waals surface area contributed by atoms with Crippen molar-refractivity contribution in [1.29, 1.82) is 0 Å². The van der Waals surface area contributed by atoms with Crippen molar-refractivity contribution >= 4 is 34.5 Å². The van der Waals surface area contributed by atoms with Gasteiger partial charge in [-0.05, 0) is 25.1 Å². The second-order valence-corrected chi connectivity index (χ2v) is 7.12. The minimum Gasteiger partial charge on any atom is -0.485 e. The van der Waals surface area contributed by atoms with Gasteiger partial charge in [-0.3, -0.25) is 14.9 Å². The highest BCUT2D eigenvalue weighted by molar-refractivity contribution is 8.00. The van der Waals surface area contributed by atoms with Crippen LogP contribution in [0.2, 0.25) is 0 Å². The van der Waals surface area contributed by atoms with Crippen molar-refractivity contribution < 1.29 is 19.1 Å². The molecule has 0 saturated carbocycles. The van der Waals surface area contributed by atoms with Gasteiger partial charge in [0.05, 0.1) is 11.3 Å². The molecule has 8 heteroatoms. The second-order valence-electron chi connectivity index (χ2n) is 6.16. The number of imide groups is 1. The van der Waals surface area contributed by atoms with E-state index in [1.807, 2.05) is 30.3 Å². The molecule has 3 aromatic rings. The third-order valence-electron chi connectivity index (χ3n) is 4.08. The van der Waals surface area contributed by atoms with Gasteiger partial charge in [0.25, 0.3) is 5.91 Å². The zero-order chi connectivity index (χ0) is 19.5. The molecule has 1 N–H and O–H groups in total. The molecule has 0 radical (unpaired) electrons. The first kappa shape index (κ1) is 18.2. The van der Waals surface area contributed by atoms with E-state index in [4.69, 9.17) is 9.47 Å². The Bertz CT molecular complexity index is 1060. The van der Waals surface area contributed by atoms with E-state index in [1.165, 1.54) is 11.8 Å². The lowest BCUT2D eigenvalue weighted by Gasteiger charge is -2.25. The summed E-state index contributed by atoms with van der Waals surface area (Å²) in [4.78, 5) is 33.4. The number of nitrogens with zero attached hydrogens (tertiary/aromatic N) is 2. The molecule has 28 heavy (non-hydrogen) atoms. The zero-order valence-electron chi connectivity index (χ0n) is 15.0. The maximum absolute atomic E-state index is 12.3. The van der Waals surface area contributed by atoms with Crippen molar-refractivity contribution in [2.75, 3.05) is 12.4 Å². The number of para-hydroxylation sites is 3. The third kappa shape index (κ3) is 3.91. The minimum atomic E-state index is -0.869. The molecule has 0 saturated heterocycles. The van der Waals surface area contributed by atoms with Gasteiger partial charge in [-0.15, -0.1) is 0 Å². The molecule has 0 unspecified atom stereocenters. The lowest BCUT2D eigenvalue weighted by molar-refractivity contribution is -0.135. The number of hydrogen-bond donors (Lipinski definition) is 1. The number of aryl methyl sites for hydroxylation is 1. The molecule has 1 aliphatic heterocycles. The molecular formula is C20H17N3O4S. The van der Waals surface area contributed by atoms with Gasteiger partial charge in [0.2, 0.25) is 12.0 Å². The predicted octanol–water partition coefficient (Wildman–Crippen LogP) is 2.51. The van der Waals surface area contributed by atoms with Gasteiger partial charge in [-0.1, -0.05) is 42.1 Å². The Morgan fingerprint density at radius 1 is 1.11 bits per heavy atom. The zero-order valence-corrected chi connectivity index (χ0v) is 15.9. The summed E-state index contributed by atoms with van der Waals surface area (Å²) in [7, 11) is 0. The van der Waals surface area contributed by atoms with E-state index in [9.17, 15) is 9.59 Å². The molecule has 0 spiro atoms. The van der Waals surface area contributed by atoms with Crippen LogP contribution in [0.5, 0.6) is 11.5 Å². The van der Waals surface area contributed by atoms with Crippen molar-refractivity contribution in [2.45, 2.75) is 18.1 Å². The lowest BCUT2D eigenvalue weighted by atomic mass is 10.2. The molecule has 2 amide bonds. The fourth-order valence-electron chi connectivity index (χ4n) is 2.81. The summed E-state index contributed by atoms with van der Waals surface area (Å²) < 4.78 is 11.1. The summed E-state index contributed by atoms with van der Waals surface area (Å²) in [5.41, 5.74) is 0.820. The van der Waals surface area contributed by atoms with E-state index in [2.05, 4.69) is 15.3 Å². The normalized spacial score (nSPS) is 15.2. The van der Waals surface area contributed by atoms with Crippen molar-refractivity contribution in [1.82, 2.24) is 15.3 Å². The number of fused-ring (bicyclic) bond motifs is 2. The molecule has 0 bridgehead atoms. The molecule has 7 nitrogen and oxygen atoms in total. The summed E-state index contributed by atoms with van der Waals surface area (Å²) in [6.45, 7) is 1.86. The van der Waals surface area contributed by atoms with E-state index in [-0.39, 0.29) is 12.4 Å². The highest BCUT2D eigenvalue weighted by Gasteiger charge is 2.28. The fourth-order valence-corrected chi connectivity index (χ4v) is 3.67. The van der Waals surface area contributed by atoms with Gasteiger partial charge < -0.3 is 9.47 Å². The first-order valence-corrected chi connectivity index (χ1v) is 9.67. The number of amides is 2. The third-order valence-corrected chi connectivity index (χ3v) is 5.07. The summed E-state index contributed by atoms with van der Waals surface area (Å²) in [5.74, 6) is 0.805. The van der Waals surface area contributed by atoms with Crippen LogP contribution in [0.1, 0.15) is 5.82 Å². The Balaban J connectivity index is 1.37. The quantitative estimate of drug-likeness (QED) is 0.536. The molecule has 0 fully saturated rings. The first-order chi connectivity index (χ1) is 13.6. The maximum atomic E-state index is 12.3. The SMILES string of the molecule is Cc1nc(SCC(=O)NC(=O)[C@@H]2COc3ccccc3O2)c2ccccc2n1. The first-order valence-electron chi connectivity index (χ1n) is 8.68. The lowest BCUT2D eigenvalue weighted by Crippen LogP contribution is -2.46. The standard InChI is InChI=1S/C20H17N3O4S/c1-12-21-14-7-3-2-6-13(14)20(22-12)28-11-18(24)23-19(25)17-10-26-15-8-4-5-9-16(15)27-17/h2-9,17H,10-11H2,1H3,(H,23,24,25)/t17-/m0/s1. The number of thioether (sulfide) groups is 1. The van der Waals surface area contributed by atoms with Gasteiger partial charge in [-0.25, -0.2) is 9.97 Å². The maximum Gasteiger partial charge on any atom is 0.271 e. The van der Waals surface area contributed by atoms with Gasteiger partial charge in [0.15, 0.2) is 11.5 Å². The van der Waals surface area contributed by atoms with Crippen LogP contribution in [0.15, 0.2) is 53.6 Å². The van der Waals surface area contributed by atoms with E-state index < -0.39 is 17.9 Å². The summed E-state index contributed by atoms with van der Waals surface area (Å²) in [5, 5.41) is 3.94. The molecule has 4 rings (SSSR count). The van der Waals surface area contributed by atoms with Crippen LogP contribution >= 0.6 is 11.8 Å². The molecule has 1 atom stereocenters. The van der Waals surface area contributed by atoms with E-state index in [0.29, 0.717) is 22.3 Å². The van der Waals surface area contributed by atoms with Crippen molar-refractivity contribution in [3.63, 3.8) is 0 Å².